The summed E-state index contributed by atoms with van der Waals surface area (Å²) in [5.41, 5.74) is 0.556. The van der Waals surface area contributed by atoms with Crippen LogP contribution in [0.2, 0.25) is 0 Å². The second-order valence-corrected chi connectivity index (χ2v) is 4.52. The van der Waals surface area contributed by atoms with Crippen LogP contribution in [-0.4, -0.2) is 17.3 Å². The van der Waals surface area contributed by atoms with Gasteiger partial charge in [-0.3, -0.25) is 9.78 Å². The van der Waals surface area contributed by atoms with Crippen LogP contribution >= 0.6 is 0 Å². The number of nitrogens with one attached hydrogen (secondary N) is 1. The van der Waals surface area contributed by atoms with Gasteiger partial charge in [0.25, 0.3) is 5.91 Å². The van der Waals surface area contributed by atoms with E-state index in [1.54, 1.807) is 25.1 Å². The average Bonchev–Trinajstić information content (AvgIpc) is 2.47. The predicted molar refractivity (Wildman–Crippen MR) is 73.2 cm³/mol. The topological polar surface area (TPSA) is 51.2 Å². The van der Waals surface area contributed by atoms with Gasteiger partial charge in [-0.15, -0.1) is 13.2 Å². The van der Waals surface area contributed by atoms with Crippen molar-refractivity contribution >= 4 is 5.91 Å². The Kier molecular flexibility index (Phi) is 4.65. The average molecular weight is 310 g/mol. The minimum atomic E-state index is -4.79. The van der Waals surface area contributed by atoms with Crippen LogP contribution in [0, 0.1) is 0 Å². The van der Waals surface area contributed by atoms with Gasteiger partial charge in [0.05, 0.1) is 11.6 Å². The fourth-order valence-corrected chi connectivity index (χ4v) is 1.91. The van der Waals surface area contributed by atoms with E-state index in [1.165, 1.54) is 30.6 Å². The number of hydrogen-bond acceptors (Lipinski definition) is 3. The van der Waals surface area contributed by atoms with Crippen molar-refractivity contribution < 1.29 is 22.7 Å². The fraction of sp³-hybridized carbons (Fsp3) is 0.200. The highest BCUT2D eigenvalue weighted by Crippen LogP contribution is 2.30. The van der Waals surface area contributed by atoms with E-state index in [1.807, 2.05) is 0 Å². The van der Waals surface area contributed by atoms with E-state index in [0.29, 0.717) is 5.56 Å². The molecule has 0 aliphatic rings. The number of rotatable bonds is 4. The zero-order chi connectivity index (χ0) is 16.2. The molecule has 22 heavy (non-hydrogen) atoms. The van der Waals surface area contributed by atoms with Gasteiger partial charge >= 0.3 is 6.36 Å². The molecule has 2 aromatic rings. The predicted octanol–water partition coefficient (Wildman–Crippen LogP) is 3.47. The molecule has 0 bridgehead atoms. The number of hydrogen-bond donors (Lipinski definition) is 1. The third-order valence-corrected chi connectivity index (χ3v) is 2.88. The SMILES string of the molecule is CC(NC(=O)c1cccnc1)c1ccccc1OC(F)(F)F. The summed E-state index contributed by atoms with van der Waals surface area (Å²) in [5, 5.41) is 2.61. The first-order valence-corrected chi connectivity index (χ1v) is 6.42. The summed E-state index contributed by atoms with van der Waals surface area (Å²) in [4.78, 5) is 15.8. The number of para-hydroxylation sites is 1. The van der Waals surface area contributed by atoms with E-state index in [9.17, 15) is 18.0 Å². The van der Waals surface area contributed by atoms with Crippen LogP contribution in [0.4, 0.5) is 13.2 Å². The molecule has 1 heterocycles. The molecule has 1 aromatic heterocycles. The number of carbonyl (C=O) groups excluding carboxylic acids is 1. The van der Waals surface area contributed by atoms with E-state index >= 15 is 0 Å². The van der Waals surface area contributed by atoms with E-state index < -0.39 is 18.3 Å². The molecule has 0 saturated carbocycles. The lowest BCUT2D eigenvalue weighted by atomic mass is 10.1. The van der Waals surface area contributed by atoms with Crippen LogP contribution < -0.4 is 10.1 Å². The molecule has 1 unspecified atom stereocenters. The van der Waals surface area contributed by atoms with Gasteiger partial charge in [0.1, 0.15) is 5.75 Å². The molecule has 0 fully saturated rings. The maximum absolute atomic E-state index is 12.4. The number of benzene rings is 1. The summed E-state index contributed by atoms with van der Waals surface area (Å²) in [5.74, 6) is -0.767. The quantitative estimate of drug-likeness (QED) is 0.940. The fourth-order valence-electron chi connectivity index (χ4n) is 1.91. The van der Waals surface area contributed by atoms with Crippen molar-refractivity contribution in [1.82, 2.24) is 10.3 Å². The van der Waals surface area contributed by atoms with Crippen molar-refractivity contribution in [3.8, 4) is 5.75 Å². The molecule has 7 heteroatoms. The molecule has 0 radical (unpaired) electrons. The number of halogens is 3. The van der Waals surface area contributed by atoms with Gasteiger partial charge in [-0.1, -0.05) is 18.2 Å². The first-order chi connectivity index (χ1) is 10.4. The molecule has 0 saturated heterocycles. The Balaban J connectivity index is 2.16. The first-order valence-electron chi connectivity index (χ1n) is 6.42. The van der Waals surface area contributed by atoms with Gasteiger partial charge in [-0.2, -0.15) is 0 Å². The largest absolute Gasteiger partial charge is 0.573 e. The maximum atomic E-state index is 12.4. The minimum Gasteiger partial charge on any atom is -0.405 e. The molecule has 1 amide bonds. The third kappa shape index (κ3) is 4.21. The number of ether oxygens (including phenoxy) is 1. The van der Waals surface area contributed by atoms with Crippen molar-refractivity contribution in [1.29, 1.82) is 0 Å². The monoisotopic (exact) mass is 310 g/mol. The van der Waals surface area contributed by atoms with E-state index in [4.69, 9.17) is 0 Å². The molecular formula is C15H13F3N2O2. The molecule has 0 aliphatic heterocycles. The summed E-state index contributed by atoms with van der Waals surface area (Å²) in [7, 11) is 0. The second kappa shape index (κ2) is 6.46. The molecule has 4 nitrogen and oxygen atoms in total. The molecule has 1 atom stereocenters. The Hall–Kier alpha value is -2.57. The van der Waals surface area contributed by atoms with E-state index in [-0.39, 0.29) is 11.3 Å². The molecule has 0 aliphatic carbocycles. The van der Waals surface area contributed by atoms with Gasteiger partial charge in [0.15, 0.2) is 0 Å². The van der Waals surface area contributed by atoms with Gasteiger partial charge in [-0.25, -0.2) is 0 Å². The van der Waals surface area contributed by atoms with Crippen molar-refractivity contribution in [3.63, 3.8) is 0 Å². The van der Waals surface area contributed by atoms with Crippen LogP contribution in [0.25, 0.3) is 0 Å². The Morgan fingerprint density at radius 1 is 1.23 bits per heavy atom. The van der Waals surface area contributed by atoms with Gasteiger partial charge in [-0.05, 0) is 25.1 Å². The Labute approximate surface area is 124 Å². The number of aromatic nitrogens is 1. The van der Waals surface area contributed by atoms with E-state index in [0.717, 1.165) is 0 Å². The first kappa shape index (κ1) is 15.8. The lowest BCUT2D eigenvalue weighted by molar-refractivity contribution is -0.275. The number of pyridine rings is 1. The molecular weight excluding hydrogens is 297 g/mol. The van der Waals surface area contributed by atoms with Crippen molar-refractivity contribution in [2.24, 2.45) is 0 Å². The number of carbonyl (C=O) groups is 1. The van der Waals surface area contributed by atoms with Crippen LogP contribution in [0.15, 0.2) is 48.8 Å². The Morgan fingerprint density at radius 2 is 1.95 bits per heavy atom. The molecule has 1 aromatic carbocycles. The molecule has 0 spiro atoms. The Morgan fingerprint density at radius 3 is 2.59 bits per heavy atom. The standard InChI is InChI=1S/C15H13F3N2O2/c1-10(20-14(21)11-5-4-8-19-9-11)12-6-2-3-7-13(12)22-15(16,17)18/h2-10H,1H3,(H,20,21). The van der Waals surface area contributed by atoms with Crippen molar-refractivity contribution in [2.75, 3.05) is 0 Å². The summed E-state index contributed by atoms with van der Waals surface area (Å²) >= 11 is 0. The molecule has 2 rings (SSSR count). The second-order valence-electron chi connectivity index (χ2n) is 4.52. The summed E-state index contributed by atoms with van der Waals surface area (Å²) in [6, 6.07) is 8.18. The number of amides is 1. The van der Waals surface area contributed by atoms with Crippen LogP contribution in [0.5, 0.6) is 5.75 Å². The summed E-state index contributed by atoms with van der Waals surface area (Å²) in [6.07, 6.45) is -1.89. The smallest absolute Gasteiger partial charge is 0.405 e. The lowest BCUT2D eigenvalue weighted by Crippen LogP contribution is -2.28. The number of nitrogens with zero attached hydrogens (tertiary/aromatic N) is 1. The summed E-state index contributed by atoms with van der Waals surface area (Å²) in [6.45, 7) is 1.58. The molecule has 1 N–H and O–H groups in total. The van der Waals surface area contributed by atoms with Crippen LogP contribution in [0.3, 0.4) is 0 Å². The van der Waals surface area contributed by atoms with Crippen molar-refractivity contribution in [2.45, 2.75) is 19.3 Å². The maximum Gasteiger partial charge on any atom is 0.573 e. The highest BCUT2D eigenvalue weighted by Gasteiger charge is 2.32. The Bertz CT molecular complexity index is 645. The van der Waals surface area contributed by atoms with Crippen molar-refractivity contribution in [3.05, 3.63) is 59.9 Å². The number of alkyl halides is 3. The minimum absolute atomic E-state index is 0.233. The van der Waals surface area contributed by atoms with Crippen LogP contribution in [-0.2, 0) is 0 Å². The van der Waals surface area contributed by atoms with Gasteiger partial charge in [0, 0.05) is 18.0 Å². The highest BCUT2D eigenvalue weighted by atomic mass is 19.4. The van der Waals surface area contributed by atoms with Gasteiger partial charge < -0.3 is 10.1 Å². The molecule has 116 valence electrons. The highest BCUT2D eigenvalue weighted by molar-refractivity contribution is 5.94. The van der Waals surface area contributed by atoms with E-state index in [2.05, 4.69) is 15.0 Å². The third-order valence-electron chi connectivity index (χ3n) is 2.88. The zero-order valence-electron chi connectivity index (χ0n) is 11.6. The van der Waals surface area contributed by atoms with Crippen LogP contribution in [0.1, 0.15) is 28.9 Å². The zero-order valence-corrected chi connectivity index (χ0v) is 11.6. The lowest BCUT2D eigenvalue weighted by Gasteiger charge is -2.19. The summed E-state index contributed by atoms with van der Waals surface area (Å²) < 4.78 is 41.2. The van der Waals surface area contributed by atoms with Gasteiger partial charge in [0.2, 0.25) is 0 Å². The normalized spacial score (nSPS) is 12.5.